The predicted molar refractivity (Wildman–Crippen MR) is 109 cm³/mol. The van der Waals surface area contributed by atoms with Crippen molar-refractivity contribution in [2.75, 3.05) is 25.0 Å². The minimum Gasteiger partial charge on any atom is -0.363 e. The number of aliphatic imine (C=N–C) groups is 1. The molecule has 0 unspecified atom stereocenters. The van der Waals surface area contributed by atoms with Gasteiger partial charge in [0, 0.05) is 36.5 Å². The van der Waals surface area contributed by atoms with Gasteiger partial charge in [0.15, 0.2) is 0 Å². The van der Waals surface area contributed by atoms with Crippen LogP contribution in [0.25, 0.3) is 0 Å². The van der Waals surface area contributed by atoms with E-state index in [1.807, 2.05) is 24.5 Å². The fraction of sp³-hybridized carbons (Fsp3) is 0.381. The molecule has 0 amide bonds. The van der Waals surface area contributed by atoms with Gasteiger partial charge in [-0.05, 0) is 74.6 Å². The van der Waals surface area contributed by atoms with Gasteiger partial charge >= 0.3 is 0 Å². The van der Waals surface area contributed by atoms with Crippen LogP contribution >= 0.6 is 11.6 Å². The van der Waals surface area contributed by atoms with E-state index in [2.05, 4.69) is 48.9 Å². The van der Waals surface area contributed by atoms with E-state index < -0.39 is 0 Å². The molecule has 0 spiro atoms. The molecule has 0 N–H and O–H groups in total. The third kappa shape index (κ3) is 4.35. The van der Waals surface area contributed by atoms with Crippen LogP contribution in [0.3, 0.4) is 0 Å². The lowest BCUT2D eigenvalue weighted by molar-refractivity contribution is 0.351. The highest BCUT2D eigenvalue weighted by Crippen LogP contribution is 2.33. The van der Waals surface area contributed by atoms with E-state index in [9.17, 15) is 0 Å². The van der Waals surface area contributed by atoms with Crippen molar-refractivity contribution in [3.05, 3.63) is 52.5 Å². The number of hydrogen-bond acceptors (Lipinski definition) is 2. The quantitative estimate of drug-likeness (QED) is 0.504. The Morgan fingerprint density at radius 3 is 2.52 bits per heavy atom. The Morgan fingerprint density at radius 2 is 1.80 bits per heavy atom. The normalized spacial score (nSPS) is 15.0. The molecule has 0 aliphatic carbocycles. The monoisotopic (exact) mass is 355 g/mol. The van der Waals surface area contributed by atoms with Crippen LogP contribution in [-0.4, -0.2) is 31.4 Å². The van der Waals surface area contributed by atoms with Gasteiger partial charge in [-0.25, -0.2) is 4.99 Å². The van der Waals surface area contributed by atoms with Crippen LogP contribution in [0.2, 0.25) is 5.02 Å². The van der Waals surface area contributed by atoms with Crippen LogP contribution < -0.4 is 4.90 Å². The molecule has 0 radical (unpaired) electrons. The van der Waals surface area contributed by atoms with E-state index in [0.717, 1.165) is 29.5 Å². The molecule has 4 heteroatoms. The van der Waals surface area contributed by atoms with Crippen molar-refractivity contribution >= 4 is 35.0 Å². The first kappa shape index (κ1) is 17.8. The van der Waals surface area contributed by atoms with Crippen molar-refractivity contribution in [3.8, 4) is 0 Å². The van der Waals surface area contributed by atoms with Gasteiger partial charge in [0.05, 0.1) is 12.0 Å². The number of rotatable bonds is 4. The maximum Gasteiger partial charge on any atom is 0.0912 e. The molecular weight excluding hydrogens is 330 g/mol. The van der Waals surface area contributed by atoms with Gasteiger partial charge < -0.3 is 9.80 Å². The zero-order valence-electron chi connectivity index (χ0n) is 15.3. The fourth-order valence-corrected chi connectivity index (χ4v) is 3.47. The Hall–Kier alpha value is -2.00. The number of halogens is 1. The highest BCUT2D eigenvalue weighted by Gasteiger charge is 2.11. The van der Waals surface area contributed by atoms with Crippen LogP contribution in [0.15, 0.2) is 41.4 Å². The molecule has 1 heterocycles. The topological polar surface area (TPSA) is 18.8 Å². The Bertz CT molecular complexity index is 764. The Morgan fingerprint density at radius 1 is 1.04 bits per heavy atom. The number of benzene rings is 2. The van der Waals surface area contributed by atoms with Gasteiger partial charge in [0.1, 0.15) is 0 Å². The average Bonchev–Trinajstić information content (AvgIpc) is 2.62. The smallest absolute Gasteiger partial charge is 0.0912 e. The molecule has 3 rings (SSSR count). The van der Waals surface area contributed by atoms with Gasteiger partial charge in [-0.2, -0.15) is 0 Å². The minimum absolute atomic E-state index is 0.751. The summed E-state index contributed by atoms with van der Waals surface area (Å²) in [7, 11) is 2.07. The lowest BCUT2D eigenvalue weighted by Crippen LogP contribution is -2.28. The second-order valence-corrected chi connectivity index (χ2v) is 7.24. The van der Waals surface area contributed by atoms with Gasteiger partial charge in [0.2, 0.25) is 0 Å². The van der Waals surface area contributed by atoms with E-state index in [0.29, 0.717) is 0 Å². The summed E-state index contributed by atoms with van der Waals surface area (Å²) in [4.78, 5) is 9.24. The SMILES string of the molecule is Cc1cc(N(C)c2cccc(Cl)c2)c(C)cc1N=CN1CCCCC1. The van der Waals surface area contributed by atoms with Gasteiger partial charge in [0.25, 0.3) is 0 Å². The number of nitrogens with zero attached hydrogens (tertiary/aromatic N) is 3. The highest BCUT2D eigenvalue weighted by atomic mass is 35.5. The summed E-state index contributed by atoms with van der Waals surface area (Å²) in [5, 5.41) is 0.751. The molecule has 2 aromatic rings. The molecule has 1 fully saturated rings. The number of hydrogen-bond donors (Lipinski definition) is 0. The van der Waals surface area contributed by atoms with Crippen molar-refractivity contribution in [2.45, 2.75) is 33.1 Å². The van der Waals surface area contributed by atoms with Crippen LogP contribution in [0.1, 0.15) is 30.4 Å². The zero-order chi connectivity index (χ0) is 17.8. The molecule has 1 aliphatic rings. The molecular formula is C21H26ClN3. The Labute approximate surface area is 155 Å². The maximum absolute atomic E-state index is 6.14. The predicted octanol–water partition coefficient (Wildman–Crippen LogP) is 5.87. The van der Waals surface area contributed by atoms with E-state index in [-0.39, 0.29) is 0 Å². The summed E-state index contributed by atoms with van der Waals surface area (Å²) in [6, 6.07) is 12.3. The van der Waals surface area contributed by atoms with Crippen LogP contribution in [-0.2, 0) is 0 Å². The fourth-order valence-electron chi connectivity index (χ4n) is 3.29. The van der Waals surface area contributed by atoms with E-state index >= 15 is 0 Å². The van der Waals surface area contributed by atoms with Crippen molar-refractivity contribution in [1.82, 2.24) is 4.90 Å². The van der Waals surface area contributed by atoms with Crippen molar-refractivity contribution < 1.29 is 0 Å². The van der Waals surface area contributed by atoms with Gasteiger partial charge in [-0.15, -0.1) is 0 Å². The molecule has 3 nitrogen and oxygen atoms in total. The molecule has 0 atom stereocenters. The molecule has 0 aromatic heterocycles. The second kappa shape index (κ2) is 7.92. The van der Waals surface area contributed by atoms with E-state index in [1.165, 1.54) is 36.1 Å². The first-order valence-electron chi connectivity index (χ1n) is 8.93. The number of likely N-dealkylation sites (tertiary alicyclic amines) is 1. The second-order valence-electron chi connectivity index (χ2n) is 6.81. The van der Waals surface area contributed by atoms with Crippen LogP contribution in [0.4, 0.5) is 17.1 Å². The lowest BCUT2D eigenvalue weighted by Gasteiger charge is -2.24. The van der Waals surface area contributed by atoms with Crippen molar-refractivity contribution in [1.29, 1.82) is 0 Å². The first-order valence-corrected chi connectivity index (χ1v) is 9.31. The van der Waals surface area contributed by atoms with Gasteiger partial charge in [-0.3, -0.25) is 0 Å². The third-order valence-corrected chi connectivity index (χ3v) is 5.06. The van der Waals surface area contributed by atoms with Crippen LogP contribution in [0.5, 0.6) is 0 Å². The summed E-state index contributed by atoms with van der Waals surface area (Å²) in [6.45, 7) is 6.50. The summed E-state index contributed by atoms with van der Waals surface area (Å²) < 4.78 is 0. The first-order chi connectivity index (χ1) is 12.0. The largest absolute Gasteiger partial charge is 0.363 e. The highest BCUT2D eigenvalue weighted by molar-refractivity contribution is 6.30. The Balaban J connectivity index is 1.83. The zero-order valence-corrected chi connectivity index (χ0v) is 16.1. The van der Waals surface area contributed by atoms with Crippen LogP contribution in [0, 0.1) is 13.8 Å². The molecule has 1 saturated heterocycles. The lowest BCUT2D eigenvalue weighted by atomic mass is 10.1. The molecule has 0 bridgehead atoms. The number of anilines is 2. The number of aryl methyl sites for hydroxylation is 2. The van der Waals surface area contributed by atoms with E-state index in [1.54, 1.807) is 0 Å². The van der Waals surface area contributed by atoms with Crippen molar-refractivity contribution in [2.24, 2.45) is 4.99 Å². The summed E-state index contributed by atoms with van der Waals surface area (Å²) >= 11 is 6.14. The number of piperidine rings is 1. The summed E-state index contributed by atoms with van der Waals surface area (Å²) in [5.41, 5.74) is 5.70. The van der Waals surface area contributed by atoms with Crippen molar-refractivity contribution in [3.63, 3.8) is 0 Å². The maximum atomic E-state index is 6.14. The third-order valence-electron chi connectivity index (χ3n) is 4.82. The van der Waals surface area contributed by atoms with E-state index in [4.69, 9.17) is 16.6 Å². The molecule has 132 valence electrons. The van der Waals surface area contributed by atoms with Gasteiger partial charge in [-0.1, -0.05) is 17.7 Å². The molecule has 1 aliphatic heterocycles. The molecule has 25 heavy (non-hydrogen) atoms. The summed E-state index contributed by atoms with van der Waals surface area (Å²) in [5.74, 6) is 0. The molecule has 2 aromatic carbocycles. The standard InChI is InChI=1S/C21H26ClN3/c1-16-13-21(24(3)19-9-7-8-18(22)14-19)17(2)12-20(16)23-15-25-10-5-4-6-11-25/h7-9,12-15H,4-6,10-11H2,1-3H3. The average molecular weight is 356 g/mol. The molecule has 0 saturated carbocycles. The Kier molecular flexibility index (Phi) is 5.64. The summed E-state index contributed by atoms with van der Waals surface area (Å²) in [6.07, 6.45) is 5.90. The minimum atomic E-state index is 0.751.